The molecule has 1 atom stereocenters. The maximum Gasteiger partial charge on any atom is 0.261 e. The lowest BCUT2D eigenvalue weighted by atomic mass is 10.0. The maximum absolute atomic E-state index is 13.5. The van der Waals surface area contributed by atoms with Crippen molar-refractivity contribution >= 4 is 11.8 Å². The van der Waals surface area contributed by atoms with Gasteiger partial charge in [-0.1, -0.05) is 60.7 Å². The van der Waals surface area contributed by atoms with Gasteiger partial charge < -0.3 is 15.0 Å². The van der Waals surface area contributed by atoms with Crippen LogP contribution < -0.4 is 10.1 Å². The second-order valence-corrected chi connectivity index (χ2v) is 9.19. The van der Waals surface area contributed by atoms with E-state index in [0.717, 1.165) is 11.1 Å². The zero-order valence-electron chi connectivity index (χ0n) is 19.8. The van der Waals surface area contributed by atoms with Crippen LogP contribution in [0.2, 0.25) is 0 Å². The van der Waals surface area contributed by atoms with Crippen molar-refractivity contribution in [1.82, 2.24) is 10.2 Å². The Morgan fingerprint density at radius 1 is 0.882 bits per heavy atom. The Bertz CT molecular complexity index is 1060. The number of hydrogen-bond donors (Lipinski definition) is 1. The Kier molecular flexibility index (Phi) is 8.41. The molecule has 34 heavy (non-hydrogen) atoms. The molecular weight excluding hydrogens is 431 g/mol. The number of hydrogen-bond acceptors (Lipinski definition) is 3. The highest BCUT2D eigenvalue weighted by molar-refractivity contribution is 5.89. The highest BCUT2D eigenvalue weighted by atomic mass is 19.1. The first-order valence-corrected chi connectivity index (χ1v) is 11.3. The molecule has 3 aromatic carbocycles. The fourth-order valence-electron chi connectivity index (χ4n) is 3.54. The van der Waals surface area contributed by atoms with Crippen molar-refractivity contribution in [3.63, 3.8) is 0 Å². The van der Waals surface area contributed by atoms with Crippen LogP contribution in [0.15, 0.2) is 84.9 Å². The zero-order chi connectivity index (χ0) is 24.6. The number of carbonyl (C=O) groups is 2. The minimum atomic E-state index is -0.779. The third kappa shape index (κ3) is 7.73. The van der Waals surface area contributed by atoms with E-state index in [0.29, 0.717) is 12.2 Å². The van der Waals surface area contributed by atoms with Gasteiger partial charge in [0.2, 0.25) is 5.91 Å². The van der Waals surface area contributed by atoms with Gasteiger partial charge in [-0.25, -0.2) is 4.39 Å². The Labute approximate surface area is 200 Å². The van der Waals surface area contributed by atoms with Crippen LogP contribution in [-0.2, 0) is 22.6 Å². The molecule has 0 bridgehead atoms. The molecule has 0 saturated carbocycles. The van der Waals surface area contributed by atoms with Crippen molar-refractivity contribution < 1.29 is 18.7 Å². The molecule has 1 unspecified atom stereocenters. The second-order valence-electron chi connectivity index (χ2n) is 9.19. The number of para-hydroxylation sites is 1. The lowest BCUT2D eigenvalue weighted by molar-refractivity contribution is -0.143. The third-order valence-electron chi connectivity index (χ3n) is 5.14. The van der Waals surface area contributed by atoms with Crippen LogP contribution in [-0.4, -0.2) is 34.9 Å². The molecule has 0 aliphatic carbocycles. The van der Waals surface area contributed by atoms with Gasteiger partial charge in [0.1, 0.15) is 17.6 Å². The Morgan fingerprint density at radius 2 is 1.47 bits per heavy atom. The van der Waals surface area contributed by atoms with Gasteiger partial charge >= 0.3 is 0 Å². The number of benzene rings is 3. The lowest BCUT2D eigenvalue weighted by Gasteiger charge is -2.33. The number of amides is 2. The zero-order valence-corrected chi connectivity index (χ0v) is 19.8. The summed E-state index contributed by atoms with van der Waals surface area (Å²) in [5.41, 5.74) is 1.17. The topological polar surface area (TPSA) is 58.6 Å². The van der Waals surface area contributed by atoms with Crippen molar-refractivity contribution in [2.45, 2.75) is 45.3 Å². The fourth-order valence-corrected chi connectivity index (χ4v) is 3.54. The Morgan fingerprint density at radius 3 is 2.06 bits per heavy atom. The number of carbonyl (C=O) groups excluding carboxylic acids is 2. The molecule has 178 valence electrons. The summed E-state index contributed by atoms with van der Waals surface area (Å²) in [5, 5.41) is 3.01. The number of halogens is 1. The first kappa shape index (κ1) is 25.0. The average molecular weight is 463 g/mol. The van der Waals surface area contributed by atoms with E-state index in [1.807, 2.05) is 69.3 Å². The molecule has 6 heteroatoms. The van der Waals surface area contributed by atoms with Crippen molar-refractivity contribution in [1.29, 1.82) is 0 Å². The van der Waals surface area contributed by atoms with E-state index in [-0.39, 0.29) is 30.8 Å². The van der Waals surface area contributed by atoms with E-state index < -0.39 is 11.6 Å². The normalized spacial score (nSPS) is 12.0. The molecule has 0 aliphatic heterocycles. The van der Waals surface area contributed by atoms with Gasteiger partial charge in [0.25, 0.3) is 5.91 Å². The molecule has 0 saturated heterocycles. The number of nitrogens with one attached hydrogen (secondary N) is 1. The van der Waals surface area contributed by atoms with Crippen LogP contribution in [0.25, 0.3) is 0 Å². The van der Waals surface area contributed by atoms with E-state index in [1.54, 1.807) is 24.3 Å². The number of ether oxygens (including phenoxy) is 1. The van der Waals surface area contributed by atoms with Gasteiger partial charge in [-0.15, -0.1) is 0 Å². The quantitative estimate of drug-likeness (QED) is 0.499. The Balaban J connectivity index is 1.91. The van der Waals surface area contributed by atoms with Crippen LogP contribution in [0, 0.1) is 5.82 Å². The van der Waals surface area contributed by atoms with Gasteiger partial charge in [-0.2, -0.15) is 0 Å². The van der Waals surface area contributed by atoms with Gasteiger partial charge in [0.15, 0.2) is 6.61 Å². The SMILES string of the molecule is CC(C)(C)NC(=O)C(Cc1ccccc1)N(Cc1ccc(F)cc1)C(=O)COc1ccccc1. The molecular formula is C28H31FN2O3. The summed E-state index contributed by atoms with van der Waals surface area (Å²) in [6.07, 6.45) is 0.334. The van der Waals surface area contributed by atoms with Crippen LogP contribution in [0.5, 0.6) is 5.75 Å². The lowest BCUT2D eigenvalue weighted by Crippen LogP contribution is -2.55. The van der Waals surface area contributed by atoms with E-state index in [1.165, 1.54) is 17.0 Å². The largest absolute Gasteiger partial charge is 0.484 e. The predicted molar refractivity (Wildman–Crippen MR) is 131 cm³/mol. The van der Waals surface area contributed by atoms with E-state index in [4.69, 9.17) is 4.74 Å². The van der Waals surface area contributed by atoms with E-state index in [9.17, 15) is 14.0 Å². The van der Waals surface area contributed by atoms with Crippen LogP contribution in [0.3, 0.4) is 0 Å². The monoisotopic (exact) mass is 462 g/mol. The highest BCUT2D eigenvalue weighted by Gasteiger charge is 2.32. The summed E-state index contributed by atoms with van der Waals surface area (Å²) < 4.78 is 19.2. The molecule has 0 aliphatic rings. The minimum absolute atomic E-state index is 0.145. The molecule has 1 N–H and O–H groups in total. The maximum atomic E-state index is 13.5. The van der Waals surface area contributed by atoms with E-state index in [2.05, 4.69) is 5.32 Å². The summed E-state index contributed by atoms with van der Waals surface area (Å²) >= 11 is 0. The summed E-state index contributed by atoms with van der Waals surface area (Å²) in [4.78, 5) is 28.4. The first-order valence-electron chi connectivity index (χ1n) is 11.3. The molecule has 0 heterocycles. The molecule has 0 radical (unpaired) electrons. The summed E-state index contributed by atoms with van der Waals surface area (Å²) in [5.74, 6) is -0.388. The third-order valence-corrected chi connectivity index (χ3v) is 5.14. The summed E-state index contributed by atoms with van der Waals surface area (Å²) in [6, 6.07) is 23.8. The molecule has 0 aromatic heterocycles. The second kappa shape index (κ2) is 11.5. The minimum Gasteiger partial charge on any atom is -0.484 e. The number of nitrogens with zero attached hydrogens (tertiary/aromatic N) is 1. The molecule has 3 rings (SSSR count). The summed E-state index contributed by atoms with van der Waals surface area (Å²) in [7, 11) is 0. The van der Waals surface area contributed by atoms with Crippen molar-refractivity contribution in [2.75, 3.05) is 6.61 Å². The molecule has 3 aromatic rings. The molecule has 5 nitrogen and oxygen atoms in total. The highest BCUT2D eigenvalue weighted by Crippen LogP contribution is 2.17. The van der Waals surface area contributed by atoms with Crippen LogP contribution in [0.4, 0.5) is 4.39 Å². The molecule has 0 fully saturated rings. The number of rotatable bonds is 9. The van der Waals surface area contributed by atoms with Gasteiger partial charge in [0, 0.05) is 18.5 Å². The fraction of sp³-hybridized carbons (Fsp3) is 0.286. The summed E-state index contributed by atoms with van der Waals surface area (Å²) in [6.45, 7) is 5.62. The van der Waals surface area contributed by atoms with Crippen LogP contribution in [0.1, 0.15) is 31.9 Å². The van der Waals surface area contributed by atoms with Gasteiger partial charge in [-0.05, 0) is 56.2 Å². The van der Waals surface area contributed by atoms with Crippen LogP contribution >= 0.6 is 0 Å². The van der Waals surface area contributed by atoms with Gasteiger partial charge in [0.05, 0.1) is 0 Å². The first-order chi connectivity index (χ1) is 16.2. The standard InChI is InChI=1S/C28H31FN2O3/c1-28(2,3)30-27(33)25(18-21-10-6-4-7-11-21)31(19-22-14-16-23(29)17-15-22)26(32)20-34-24-12-8-5-9-13-24/h4-17,25H,18-20H2,1-3H3,(H,30,33). The predicted octanol–water partition coefficient (Wildman–Crippen LogP) is 4.76. The molecule has 0 spiro atoms. The van der Waals surface area contributed by atoms with E-state index >= 15 is 0 Å². The molecule has 2 amide bonds. The smallest absolute Gasteiger partial charge is 0.261 e. The van der Waals surface area contributed by atoms with Crippen molar-refractivity contribution in [3.8, 4) is 5.75 Å². The van der Waals surface area contributed by atoms with Crippen molar-refractivity contribution in [2.24, 2.45) is 0 Å². The van der Waals surface area contributed by atoms with Gasteiger partial charge in [-0.3, -0.25) is 9.59 Å². The van der Waals surface area contributed by atoms with Crippen molar-refractivity contribution in [3.05, 3.63) is 102 Å². The average Bonchev–Trinajstić information content (AvgIpc) is 2.81. The Hall–Kier alpha value is -3.67.